The summed E-state index contributed by atoms with van der Waals surface area (Å²) in [6.07, 6.45) is 18.9. The minimum atomic E-state index is -5.50. The van der Waals surface area contributed by atoms with E-state index in [0.717, 1.165) is 47.9 Å². The van der Waals surface area contributed by atoms with Crippen molar-refractivity contribution in [2.45, 2.75) is 117 Å². The third kappa shape index (κ3) is 9.61. The fourth-order valence-electron chi connectivity index (χ4n) is 6.81. The van der Waals surface area contributed by atoms with Gasteiger partial charge in [-0.1, -0.05) is 19.8 Å². The third-order valence-electron chi connectivity index (χ3n) is 9.41. The van der Waals surface area contributed by atoms with Crippen molar-refractivity contribution in [2.75, 3.05) is 0 Å². The van der Waals surface area contributed by atoms with Crippen LogP contribution in [0.4, 0.5) is 0 Å². The molecule has 0 bridgehead atoms. The fourth-order valence-corrected chi connectivity index (χ4v) is 9.15. The van der Waals surface area contributed by atoms with E-state index in [4.69, 9.17) is 0 Å². The van der Waals surface area contributed by atoms with E-state index in [1.54, 1.807) is 24.3 Å². The molecule has 4 aromatic carbocycles. The first-order valence-corrected chi connectivity index (χ1v) is 20.1. The van der Waals surface area contributed by atoms with Crippen molar-refractivity contribution in [1.29, 1.82) is 0 Å². The predicted octanol–water partition coefficient (Wildman–Crippen LogP) is 10.8. The molecule has 4 aromatic rings. The Labute approximate surface area is 278 Å². The van der Waals surface area contributed by atoms with Gasteiger partial charge in [-0.2, -0.15) is 0 Å². The van der Waals surface area contributed by atoms with Gasteiger partial charge in [0.15, 0.2) is 0 Å². The zero-order valence-electron chi connectivity index (χ0n) is 28.3. The molecule has 0 aliphatic heterocycles. The summed E-state index contributed by atoms with van der Waals surface area (Å²) in [6.45, 7) is 4.49. The molecule has 0 aromatic heterocycles. The van der Waals surface area contributed by atoms with Gasteiger partial charge in [0.2, 0.25) is 0 Å². The number of aryl methyl sites for hydroxylation is 2. The molecule has 0 aliphatic carbocycles. The number of unbranched alkanes of at least 4 members (excludes halogenated alkanes) is 12. The van der Waals surface area contributed by atoms with Crippen molar-refractivity contribution >= 4 is 17.9 Å². The maximum atomic E-state index is 12.1. The summed E-state index contributed by atoms with van der Waals surface area (Å²) in [6, 6.07) is 31.4. The van der Waals surface area contributed by atoms with Crippen LogP contribution >= 0.6 is 7.28 Å². The molecule has 248 valence electrons. The molecular formula is C42H57O3P. The molecule has 0 heterocycles. The van der Waals surface area contributed by atoms with Crippen LogP contribution in [-0.2, 0) is 12.8 Å². The summed E-state index contributed by atoms with van der Waals surface area (Å²) in [5.74, 6) is 0. The van der Waals surface area contributed by atoms with Crippen LogP contribution in [0.3, 0.4) is 0 Å². The first kappa shape index (κ1) is 36.0. The van der Waals surface area contributed by atoms with Crippen LogP contribution in [0.5, 0.6) is 0 Å². The summed E-state index contributed by atoms with van der Waals surface area (Å²) in [5.41, 5.74) is 5.85. The van der Waals surface area contributed by atoms with Gasteiger partial charge in [0.1, 0.15) is 0 Å². The molecule has 0 unspecified atom stereocenters. The topological polar surface area (TPSA) is 60.7 Å². The fraction of sp³-hybridized carbons (Fsp3) is 0.429. The predicted molar refractivity (Wildman–Crippen MR) is 200 cm³/mol. The maximum absolute atomic E-state index is 12.1. The zero-order valence-corrected chi connectivity index (χ0v) is 29.2. The molecule has 3 nitrogen and oxygen atoms in total. The first-order valence-electron chi connectivity index (χ1n) is 18.0. The average molecular weight is 641 g/mol. The van der Waals surface area contributed by atoms with Crippen LogP contribution in [0.1, 0.15) is 115 Å². The molecule has 0 atom stereocenters. The molecule has 0 saturated carbocycles. The van der Waals surface area contributed by atoms with E-state index in [1.165, 1.54) is 76.2 Å². The Morgan fingerprint density at radius 1 is 0.370 bits per heavy atom. The Balaban J connectivity index is 1.63. The molecule has 0 radical (unpaired) electrons. The monoisotopic (exact) mass is 640 g/mol. The quantitative estimate of drug-likeness (QED) is 0.0665. The SMILES string of the molecule is CCCCCCCCCc1ccccc1-c1ccccc1-c1ccccc1P(O)(O)(O)c1ccccc1CCCCCCCCC. The number of hydrogen-bond acceptors (Lipinski definition) is 3. The van der Waals surface area contributed by atoms with Gasteiger partial charge in [-0.25, -0.2) is 0 Å². The van der Waals surface area contributed by atoms with Gasteiger partial charge in [0.05, 0.1) is 0 Å². The third-order valence-corrected chi connectivity index (χ3v) is 12.0. The van der Waals surface area contributed by atoms with Gasteiger partial charge in [-0.3, -0.25) is 0 Å². The normalized spacial score (nSPS) is 12.6. The van der Waals surface area contributed by atoms with Gasteiger partial charge >= 0.3 is 260 Å². The molecule has 4 rings (SSSR count). The molecule has 4 heteroatoms. The average Bonchev–Trinajstić information content (AvgIpc) is 3.08. The van der Waals surface area contributed by atoms with Crippen molar-refractivity contribution in [2.24, 2.45) is 0 Å². The van der Waals surface area contributed by atoms with Crippen LogP contribution in [0.25, 0.3) is 22.3 Å². The van der Waals surface area contributed by atoms with Gasteiger partial charge in [0.25, 0.3) is 0 Å². The summed E-state index contributed by atoms with van der Waals surface area (Å²) >= 11 is 0. The molecule has 0 amide bonds. The van der Waals surface area contributed by atoms with Crippen molar-refractivity contribution in [3.05, 3.63) is 108 Å². The summed E-state index contributed by atoms with van der Waals surface area (Å²) in [5, 5.41) is 0.446. The van der Waals surface area contributed by atoms with Crippen molar-refractivity contribution in [3.63, 3.8) is 0 Å². The van der Waals surface area contributed by atoms with Crippen molar-refractivity contribution < 1.29 is 14.7 Å². The van der Waals surface area contributed by atoms with E-state index in [1.807, 2.05) is 42.5 Å². The number of benzene rings is 4. The van der Waals surface area contributed by atoms with Gasteiger partial charge in [0, 0.05) is 0 Å². The van der Waals surface area contributed by atoms with Crippen molar-refractivity contribution in [3.8, 4) is 22.3 Å². The van der Waals surface area contributed by atoms with Crippen molar-refractivity contribution in [1.82, 2.24) is 0 Å². The summed E-state index contributed by atoms with van der Waals surface area (Å²) in [4.78, 5) is 36.4. The van der Waals surface area contributed by atoms with Crippen LogP contribution in [0, 0.1) is 0 Å². The number of hydrogen-bond donors (Lipinski definition) is 3. The molecule has 0 aliphatic rings. The van der Waals surface area contributed by atoms with E-state index in [2.05, 4.69) is 44.2 Å². The van der Waals surface area contributed by atoms with E-state index in [-0.39, 0.29) is 10.6 Å². The van der Waals surface area contributed by atoms with Gasteiger partial charge in [-0.05, 0) is 0 Å². The second kappa shape index (κ2) is 17.9. The Kier molecular flexibility index (Phi) is 14.0. The molecule has 0 fully saturated rings. The molecule has 0 saturated heterocycles. The number of rotatable bonds is 20. The first-order chi connectivity index (χ1) is 22.4. The summed E-state index contributed by atoms with van der Waals surface area (Å²) in [7, 11) is -5.50. The Bertz CT molecular complexity index is 1490. The van der Waals surface area contributed by atoms with Crippen LogP contribution in [0.2, 0.25) is 0 Å². The molecule has 0 spiro atoms. The molecule has 3 N–H and O–H groups in total. The Morgan fingerprint density at radius 3 is 1.30 bits per heavy atom. The van der Waals surface area contributed by atoms with Gasteiger partial charge < -0.3 is 0 Å². The second-order valence-electron chi connectivity index (χ2n) is 13.1. The van der Waals surface area contributed by atoms with E-state index < -0.39 is 7.28 Å². The van der Waals surface area contributed by atoms with E-state index >= 15 is 0 Å². The summed E-state index contributed by atoms with van der Waals surface area (Å²) < 4.78 is 0. The van der Waals surface area contributed by atoms with Crippen LogP contribution in [0.15, 0.2) is 97.1 Å². The second-order valence-corrected chi connectivity index (χ2v) is 16.0. The van der Waals surface area contributed by atoms with E-state index in [9.17, 15) is 14.7 Å². The van der Waals surface area contributed by atoms with Crippen LogP contribution < -0.4 is 10.6 Å². The molecule has 46 heavy (non-hydrogen) atoms. The minimum absolute atomic E-state index is 0.192. The Morgan fingerprint density at radius 2 is 0.739 bits per heavy atom. The Hall–Kier alpha value is -2.81. The van der Waals surface area contributed by atoms with E-state index in [0.29, 0.717) is 12.0 Å². The van der Waals surface area contributed by atoms with Crippen LogP contribution in [-0.4, -0.2) is 14.7 Å². The van der Waals surface area contributed by atoms with Gasteiger partial charge in [-0.15, -0.1) is 0 Å². The standard InChI is InChI=1S/C42H57O3P/c1-3-5-7-9-11-13-15-25-35-26-17-19-29-37(35)38-30-20-21-31-39(38)40-32-22-24-34-42(40)46(43,44,45)41-33-23-18-28-36(41)27-16-14-12-10-8-6-4-2/h17-24,26,28-34,43-45H,3-16,25,27H2,1-2H3. The molecular weight excluding hydrogens is 583 g/mol. The zero-order chi connectivity index (χ0) is 32.7.